The van der Waals surface area contributed by atoms with Crippen molar-refractivity contribution < 1.29 is 34.2 Å². The maximum Gasteiger partial charge on any atom is 0.340 e. The van der Waals surface area contributed by atoms with Gasteiger partial charge in [0.1, 0.15) is 0 Å². The number of carboxylic acid groups (broad SMARTS) is 2. The van der Waals surface area contributed by atoms with Crippen molar-refractivity contribution >= 4 is 19.5 Å². The van der Waals surface area contributed by atoms with Gasteiger partial charge in [-0.2, -0.15) is 0 Å². The van der Waals surface area contributed by atoms with E-state index in [1.807, 2.05) is 0 Å². The van der Waals surface area contributed by atoms with E-state index in [0.717, 1.165) is 6.42 Å². The number of rotatable bonds is 5. The second kappa shape index (κ2) is 5.65. The molecule has 0 aromatic heterocycles. The number of carboxylic acids is 2. The summed E-state index contributed by atoms with van der Waals surface area (Å²) in [6.45, 7) is 0. The third-order valence-corrected chi connectivity index (χ3v) is 4.26. The molecule has 3 unspecified atom stereocenters. The van der Waals surface area contributed by atoms with Crippen molar-refractivity contribution in [3.63, 3.8) is 0 Å². The minimum Gasteiger partial charge on any atom is -0.481 e. The molecular formula is C10H15O7P. The molecule has 4 N–H and O–H groups in total. The molecule has 18 heavy (non-hydrogen) atoms. The Morgan fingerprint density at radius 3 is 2.17 bits per heavy atom. The lowest BCUT2D eigenvalue weighted by Gasteiger charge is -2.28. The van der Waals surface area contributed by atoms with Crippen molar-refractivity contribution in [1.29, 1.82) is 0 Å². The molecule has 0 spiro atoms. The molecule has 0 aliphatic heterocycles. The largest absolute Gasteiger partial charge is 0.481 e. The Bertz CT molecular complexity index is 410. The Morgan fingerprint density at radius 1 is 1.22 bits per heavy atom. The van der Waals surface area contributed by atoms with Gasteiger partial charge >= 0.3 is 19.5 Å². The molecule has 1 aliphatic rings. The number of allylic oxidation sites excluding steroid dienone is 2. The first-order chi connectivity index (χ1) is 8.25. The maximum absolute atomic E-state index is 11.2. The van der Waals surface area contributed by atoms with Gasteiger partial charge in [-0.15, -0.1) is 0 Å². The summed E-state index contributed by atoms with van der Waals surface area (Å²) < 4.78 is 11.2. The number of carbonyl (C=O) groups is 2. The fraction of sp³-hybridized carbons (Fsp3) is 0.600. The highest BCUT2D eigenvalue weighted by atomic mass is 31.2. The van der Waals surface area contributed by atoms with E-state index in [2.05, 4.69) is 0 Å². The van der Waals surface area contributed by atoms with Gasteiger partial charge in [0, 0.05) is 0 Å². The summed E-state index contributed by atoms with van der Waals surface area (Å²) >= 11 is 0. The van der Waals surface area contributed by atoms with Crippen molar-refractivity contribution in [2.75, 3.05) is 0 Å². The Labute approximate surface area is 103 Å². The summed E-state index contributed by atoms with van der Waals surface area (Å²) in [6, 6.07) is 0. The van der Waals surface area contributed by atoms with Gasteiger partial charge < -0.3 is 20.0 Å². The average molecular weight is 278 g/mol. The van der Waals surface area contributed by atoms with Crippen molar-refractivity contribution in [2.45, 2.75) is 24.9 Å². The minimum absolute atomic E-state index is 0.414. The standard InChI is InChI=1S/C10H15O7P/c11-9(12)7(6-4-2-1-3-5-6)8(10(13)14)18(15,16)17/h2,4,6-8H,1,3,5H2,(H,11,12)(H,13,14)(H2,15,16,17). The van der Waals surface area contributed by atoms with Crippen LogP contribution in [0, 0.1) is 11.8 Å². The molecule has 1 rings (SSSR count). The molecule has 0 fully saturated rings. The molecule has 0 aromatic rings. The van der Waals surface area contributed by atoms with Crippen LogP contribution in [0.2, 0.25) is 0 Å². The monoisotopic (exact) mass is 278 g/mol. The van der Waals surface area contributed by atoms with Crippen LogP contribution >= 0.6 is 7.60 Å². The van der Waals surface area contributed by atoms with Crippen LogP contribution in [-0.4, -0.2) is 37.6 Å². The Balaban J connectivity index is 3.12. The first kappa shape index (κ1) is 14.9. The van der Waals surface area contributed by atoms with Crippen molar-refractivity contribution in [3.8, 4) is 0 Å². The van der Waals surface area contributed by atoms with Crippen LogP contribution in [0.3, 0.4) is 0 Å². The number of hydrogen-bond acceptors (Lipinski definition) is 3. The van der Waals surface area contributed by atoms with Crippen LogP contribution in [0.15, 0.2) is 12.2 Å². The molecule has 0 saturated carbocycles. The van der Waals surface area contributed by atoms with Crippen LogP contribution in [0.25, 0.3) is 0 Å². The predicted molar refractivity (Wildman–Crippen MR) is 61.1 cm³/mol. The van der Waals surface area contributed by atoms with E-state index >= 15 is 0 Å². The summed E-state index contributed by atoms with van der Waals surface area (Å²) in [5, 5.41) is 17.9. The van der Waals surface area contributed by atoms with Crippen molar-refractivity contribution in [3.05, 3.63) is 12.2 Å². The van der Waals surface area contributed by atoms with Crippen molar-refractivity contribution in [1.82, 2.24) is 0 Å². The quantitative estimate of drug-likeness (QED) is 0.429. The average Bonchev–Trinajstić information content (AvgIpc) is 2.24. The lowest BCUT2D eigenvalue weighted by atomic mass is 9.82. The van der Waals surface area contributed by atoms with E-state index in [0.29, 0.717) is 12.8 Å². The van der Waals surface area contributed by atoms with Gasteiger partial charge in [0.25, 0.3) is 0 Å². The van der Waals surface area contributed by atoms with E-state index in [1.165, 1.54) is 6.08 Å². The second-order valence-electron chi connectivity index (χ2n) is 4.26. The van der Waals surface area contributed by atoms with E-state index in [1.54, 1.807) is 6.08 Å². The lowest BCUT2D eigenvalue weighted by molar-refractivity contribution is -0.149. The molecule has 7 nitrogen and oxygen atoms in total. The van der Waals surface area contributed by atoms with Crippen LogP contribution in [0.4, 0.5) is 0 Å². The molecule has 0 saturated heterocycles. The predicted octanol–water partition coefficient (Wildman–Crippen LogP) is 0.674. The van der Waals surface area contributed by atoms with Gasteiger partial charge in [0.05, 0.1) is 5.92 Å². The van der Waals surface area contributed by atoms with Gasteiger partial charge in [-0.1, -0.05) is 12.2 Å². The van der Waals surface area contributed by atoms with Gasteiger partial charge in [0.15, 0.2) is 5.66 Å². The highest BCUT2D eigenvalue weighted by molar-refractivity contribution is 7.53. The smallest absolute Gasteiger partial charge is 0.340 e. The summed E-state index contributed by atoms with van der Waals surface area (Å²) in [5.74, 6) is -5.55. The molecule has 0 aromatic carbocycles. The first-order valence-corrected chi connectivity index (χ1v) is 7.10. The Morgan fingerprint density at radius 2 is 1.83 bits per heavy atom. The summed E-state index contributed by atoms with van der Waals surface area (Å²) in [5.41, 5.74) is -2.21. The molecule has 0 bridgehead atoms. The zero-order valence-corrected chi connectivity index (χ0v) is 10.4. The van der Waals surface area contributed by atoms with Crippen LogP contribution in [0.5, 0.6) is 0 Å². The van der Waals surface area contributed by atoms with Crippen molar-refractivity contribution in [2.24, 2.45) is 11.8 Å². The Kier molecular flexibility index (Phi) is 4.67. The maximum atomic E-state index is 11.2. The Hall–Kier alpha value is -1.17. The number of aliphatic carboxylic acids is 2. The van der Waals surface area contributed by atoms with Gasteiger partial charge in [-0.05, 0) is 25.2 Å². The van der Waals surface area contributed by atoms with Gasteiger partial charge in [-0.25, -0.2) is 0 Å². The SMILES string of the molecule is O=C(O)C(C1C=CCCC1)C(C(=O)O)P(=O)(O)O. The molecule has 102 valence electrons. The van der Waals surface area contributed by atoms with Crippen LogP contribution in [0.1, 0.15) is 19.3 Å². The van der Waals surface area contributed by atoms with Gasteiger partial charge in [0.2, 0.25) is 0 Å². The molecular weight excluding hydrogens is 263 g/mol. The molecule has 8 heteroatoms. The molecule has 3 atom stereocenters. The van der Waals surface area contributed by atoms with E-state index in [4.69, 9.17) is 20.0 Å². The van der Waals surface area contributed by atoms with E-state index in [-0.39, 0.29) is 0 Å². The first-order valence-electron chi connectivity index (χ1n) is 5.42. The zero-order valence-electron chi connectivity index (χ0n) is 9.47. The normalized spacial score (nSPS) is 23.3. The second-order valence-corrected chi connectivity index (χ2v) is 5.99. The molecule has 0 radical (unpaired) electrons. The highest BCUT2D eigenvalue weighted by Gasteiger charge is 2.48. The molecule has 0 heterocycles. The summed E-state index contributed by atoms with van der Waals surface area (Å²) in [4.78, 5) is 40.2. The number of hydrogen-bond donors (Lipinski definition) is 4. The topological polar surface area (TPSA) is 132 Å². The zero-order chi connectivity index (χ0) is 13.9. The summed E-state index contributed by atoms with van der Waals surface area (Å²) in [6.07, 6.45) is 5.10. The lowest BCUT2D eigenvalue weighted by Crippen LogP contribution is -2.39. The third kappa shape index (κ3) is 3.41. The minimum atomic E-state index is -5.02. The highest BCUT2D eigenvalue weighted by Crippen LogP contribution is 2.48. The van der Waals surface area contributed by atoms with Crippen LogP contribution < -0.4 is 0 Å². The summed E-state index contributed by atoms with van der Waals surface area (Å²) in [7, 11) is -5.02. The van der Waals surface area contributed by atoms with Gasteiger partial charge in [-0.3, -0.25) is 14.2 Å². The molecule has 0 amide bonds. The van der Waals surface area contributed by atoms with Crippen LogP contribution in [-0.2, 0) is 14.2 Å². The fourth-order valence-electron chi connectivity index (χ4n) is 2.20. The van der Waals surface area contributed by atoms with E-state index in [9.17, 15) is 14.2 Å². The fourth-order valence-corrected chi connectivity index (χ4v) is 3.25. The molecule has 1 aliphatic carbocycles. The third-order valence-electron chi connectivity index (χ3n) is 2.99. The van der Waals surface area contributed by atoms with E-state index < -0.39 is 37.0 Å².